The number of aliphatic hydroxyl groups excluding tert-OH is 1. The molecule has 0 spiro atoms. The maximum atomic E-state index is 13.6. The number of aryl methyl sites for hydroxylation is 1. The van der Waals surface area contributed by atoms with Crippen LogP contribution < -0.4 is 10.1 Å². The molecular weight excluding hydrogens is 323 g/mol. The number of urea groups is 1. The molecule has 6 heteroatoms. The van der Waals surface area contributed by atoms with Crippen molar-refractivity contribution in [3.63, 3.8) is 0 Å². The SMILES string of the molecule is COc1cc(F)cc(NC(=O)N(CCO)C2CCc3ccccc32)c1. The number of nitrogens with one attached hydrogen (secondary N) is 1. The zero-order chi connectivity index (χ0) is 17.8. The molecule has 2 aromatic carbocycles. The van der Waals surface area contributed by atoms with Crippen LogP contribution in [0, 0.1) is 5.82 Å². The van der Waals surface area contributed by atoms with Crippen LogP contribution in [0.1, 0.15) is 23.6 Å². The Morgan fingerprint density at radius 2 is 2.16 bits per heavy atom. The lowest BCUT2D eigenvalue weighted by Gasteiger charge is -2.29. The number of hydrogen-bond acceptors (Lipinski definition) is 3. The van der Waals surface area contributed by atoms with Gasteiger partial charge in [-0.3, -0.25) is 0 Å². The predicted molar refractivity (Wildman–Crippen MR) is 93.3 cm³/mol. The van der Waals surface area contributed by atoms with E-state index < -0.39 is 5.82 Å². The summed E-state index contributed by atoms with van der Waals surface area (Å²) >= 11 is 0. The van der Waals surface area contributed by atoms with Gasteiger partial charge in [-0.15, -0.1) is 0 Å². The Hall–Kier alpha value is -2.60. The number of fused-ring (bicyclic) bond motifs is 1. The number of anilines is 1. The summed E-state index contributed by atoms with van der Waals surface area (Å²) in [5.74, 6) is -0.162. The van der Waals surface area contributed by atoms with Gasteiger partial charge in [0.1, 0.15) is 11.6 Å². The molecular formula is C19H21FN2O3. The third kappa shape index (κ3) is 3.74. The summed E-state index contributed by atoms with van der Waals surface area (Å²) in [6.45, 7) is 0.0653. The molecule has 5 nitrogen and oxygen atoms in total. The molecule has 0 heterocycles. The lowest BCUT2D eigenvalue weighted by molar-refractivity contribution is 0.162. The molecule has 0 saturated carbocycles. The van der Waals surface area contributed by atoms with Gasteiger partial charge in [0.15, 0.2) is 0 Å². The molecule has 1 aliphatic rings. The zero-order valence-electron chi connectivity index (χ0n) is 14.0. The monoisotopic (exact) mass is 344 g/mol. The number of halogens is 1. The number of methoxy groups -OCH3 is 1. The van der Waals surface area contributed by atoms with Gasteiger partial charge in [-0.05, 0) is 30.0 Å². The van der Waals surface area contributed by atoms with E-state index in [-0.39, 0.29) is 25.2 Å². The topological polar surface area (TPSA) is 61.8 Å². The molecule has 1 aliphatic carbocycles. The van der Waals surface area contributed by atoms with Gasteiger partial charge in [0.2, 0.25) is 0 Å². The fourth-order valence-corrected chi connectivity index (χ4v) is 3.31. The first-order chi connectivity index (χ1) is 12.1. The van der Waals surface area contributed by atoms with Crippen LogP contribution in [0.25, 0.3) is 0 Å². The lowest BCUT2D eigenvalue weighted by atomic mass is 10.1. The van der Waals surface area contributed by atoms with Gasteiger partial charge in [0.05, 0.1) is 19.8 Å². The summed E-state index contributed by atoms with van der Waals surface area (Å²) in [6.07, 6.45) is 1.70. The Morgan fingerprint density at radius 1 is 1.36 bits per heavy atom. The minimum atomic E-state index is -0.491. The Kier molecular flexibility index (Phi) is 5.19. The molecule has 0 aromatic heterocycles. The third-order valence-electron chi connectivity index (χ3n) is 4.44. The Morgan fingerprint density at radius 3 is 2.92 bits per heavy atom. The van der Waals surface area contributed by atoms with E-state index in [1.54, 1.807) is 11.0 Å². The van der Waals surface area contributed by atoms with Crippen molar-refractivity contribution in [1.82, 2.24) is 4.90 Å². The molecule has 0 radical (unpaired) electrons. The van der Waals surface area contributed by atoms with Crippen LogP contribution in [-0.4, -0.2) is 36.3 Å². The summed E-state index contributed by atoms with van der Waals surface area (Å²) in [6, 6.07) is 11.6. The maximum absolute atomic E-state index is 13.6. The fourth-order valence-electron chi connectivity index (χ4n) is 3.31. The normalized spacial score (nSPS) is 15.6. The first kappa shape index (κ1) is 17.2. The van der Waals surface area contributed by atoms with Crippen LogP contribution in [0.15, 0.2) is 42.5 Å². The van der Waals surface area contributed by atoms with Crippen LogP contribution >= 0.6 is 0 Å². The number of aliphatic hydroxyl groups is 1. The lowest BCUT2D eigenvalue weighted by Crippen LogP contribution is -2.39. The maximum Gasteiger partial charge on any atom is 0.322 e. The highest BCUT2D eigenvalue weighted by Gasteiger charge is 2.30. The largest absolute Gasteiger partial charge is 0.497 e. The number of carbonyl (C=O) groups excluding carboxylic acids is 1. The second kappa shape index (κ2) is 7.53. The van der Waals surface area contributed by atoms with Gasteiger partial charge >= 0.3 is 6.03 Å². The number of ether oxygens (including phenoxy) is 1. The second-order valence-electron chi connectivity index (χ2n) is 5.98. The van der Waals surface area contributed by atoms with Crippen molar-refractivity contribution in [2.45, 2.75) is 18.9 Å². The van der Waals surface area contributed by atoms with E-state index in [1.807, 2.05) is 18.2 Å². The predicted octanol–water partition coefficient (Wildman–Crippen LogP) is 3.35. The first-order valence-electron chi connectivity index (χ1n) is 8.23. The number of carbonyl (C=O) groups is 1. The molecule has 1 unspecified atom stereocenters. The standard InChI is InChI=1S/C19H21FN2O3/c1-25-16-11-14(20)10-15(12-16)21-19(24)22(8-9-23)18-7-6-13-4-2-3-5-17(13)18/h2-5,10-12,18,23H,6-9H2,1H3,(H,21,24). The summed E-state index contributed by atoms with van der Waals surface area (Å²) in [7, 11) is 1.44. The Bertz CT molecular complexity index is 766. The van der Waals surface area contributed by atoms with E-state index in [2.05, 4.69) is 11.4 Å². The fraction of sp³-hybridized carbons (Fsp3) is 0.316. The van der Waals surface area contributed by atoms with Gasteiger partial charge in [-0.1, -0.05) is 24.3 Å². The van der Waals surface area contributed by atoms with Crippen LogP contribution in [0.5, 0.6) is 5.75 Å². The van der Waals surface area contributed by atoms with Crippen molar-refractivity contribution in [1.29, 1.82) is 0 Å². The van der Waals surface area contributed by atoms with E-state index in [0.717, 1.165) is 18.4 Å². The highest BCUT2D eigenvalue weighted by Crippen LogP contribution is 2.35. The molecule has 25 heavy (non-hydrogen) atoms. The Balaban J connectivity index is 1.82. The minimum Gasteiger partial charge on any atom is -0.497 e. The van der Waals surface area contributed by atoms with Crippen LogP contribution in [0.2, 0.25) is 0 Å². The summed E-state index contributed by atoms with van der Waals surface area (Å²) in [4.78, 5) is 14.4. The van der Waals surface area contributed by atoms with Crippen molar-refractivity contribution in [2.75, 3.05) is 25.6 Å². The molecule has 132 valence electrons. The number of rotatable bonds is 5. The van der Waals surface area contributed by atoms with E-state index in [4.69, 9.17) is 4.74 Å². The van der Waals surface area contributed by atoms with Crippen molar-refractivity contribution in [3.8, 4) is 5.75 Å². The molecule has 2 amide bonds. The Labute approximate surface area is 146 Å². The number of nitrogens with zero attached hydrogens (tertiary/aromatic N) is 1. The average molecular weight is 344 g/mol. The summed E-state index contributed by atoms with van der Waals surface area (Å²) < 4.78 is 18.7. The van der Waals surface area contributed by atoms with E-state index in [0.29, 0.717) is 11.4 Å². The molecule has 0 saturated heterocycles. The van der Waals surface area contributed by atoms with Gasteiger partial charge in [-0.25, -0.2) is 9.18 Å². The molecule has 2 N–H and O–H groups in total. The number of hydrogen-bond donors (Lipinski definition) is 2. The molecule has 2 aromatic rings. The van der Waals surface area contributed by atoms with Crippen LogP contribution in [0.4, 0.5) is 14.9 Å². The van der Waals surface area contributed by atoms with Crippen LogP contribution in [-0.2, 0) is 6.42 Å². The van der Waals surface area contributed by atoms with Crippen molar-refractivity contribution >= 4 is 11.7 Å². The average Bonchev–Trinajstić information content (AvgIpc) is 3.02. The number of benzene rings is 2. The van der Waals surface area contributed by atoms with Crippen LogP contribution in [0.3, 0.4) is 0 Å². The van der Waals surface area contributed by atoms with Crippen molar-refractivity contribution in [3.05, 3.63) is 59.4 Å². The smallest absolute Gasteiger partial charge is 0.322 e. The van der Waals surface area contributed by atoms with Crippen molar-refractivity contribution in [2.24, 2.45) is 0 Å². The van der Waals surface area contributed by atoms with E-state index in [1.165, 1.54) is 24.8 Å². The molecule has 3 rings (SSSR count). The summed E-state index contributed by atoms with van der Waals surface area (Å²) in [5.41, 5.74) is 2.63. The highest BCUT2D eigenvalue weighted by atomic mass is 19.1. The molecule has 1 atom stereocenters. The minimum absolute atomic E-state index is 0.0983. The second-order valence-corrected chi connectivity index (χ2v) is 5.98. The van der Waals surface area contributed by atoms with Gasteiger partial charge < -0.3 is 20.1 Å². The van der Waals surface area contributed by atoms with Crippen molar-refractivity contribution < 1.29 is 19.0 Å². The third-order valence-corrected chi connectivity index (χ3v) is 4.44. The van der Waals surface area contributed by atoms with Gasteiger partial charge in [-0.2, -0.15) is 0 Å². The number of amides is 2. The molecule has 0 fully saturated rings. The molecule has 0 bridgehead atoms. The van der Waals surface area contributed by atoms with Gasteiger partial charge in [0.25, 0.3) is 0 Å². The summed E-state index contributed by atoms with van der Waals surface area (Å²) in [5, 5.41) is 12.1. The quantitative estimate of drug-likeness (QED) is 0.874. The molecule has 0 aliphatic heterocycles. The van der Waals surface area contributed by atoms with E-state index in [9.17, 15) is 14.3 Å². The first-order valence-corrected chi connectivity index (χ1v) is 8.23. The van der Waals surface area contributed by atoms with Gasteiger partial charge in [0, 0.05) is 24.4 Å². The highest BCUT2D eigenvalue weighted by molar-refractivity contribution is 5.90. The zero-order valence-corrected chi connectivity index (χ0v) is 14.0. The van der Waals surface area contributed by atoms with E-state index >= 15 is 0 Å².